The summed E-state index contributed by atoms with van der Waals surface area (Å²) in [6, 6.07) is 3.55. The molecule has 3 N–H and O–H groups in total. The quantitative estimate of drug-likeness (QED) is 0.773. The van der Waals surface area contributed by atoms with Crippen LogP contribution in [0.2, 0.25) is 0 Å². The number of carboxylic acids is 1. The second-order valence-electron chi connectivity index (χ2n) is 3.21. The highest BCUT2D eigenvalue weighted by Gasteiger charge is 2.13. The Morgan fingerprint density at radius 2 is 2.29 bits per heavy atom. The predicted molar refractivity (Wildman–Crippen MR) is 50.3 cm³/mol. The van der Waals surface area contributed by atoms with Crippen LogP contribution in [0.25, 0.3) is 0 Å². The van der Waals surface area contributed by atoms with Crippen molar-refractivity contribution < 1.29 is 14.3 Å². The summed E-state index contributed by atoms with van der Waals surface area (Å²) in [5, 5.41) is 8.53. The number of benzene rings is 1. The first-order chi connectivity index (χ1) is 6.50. The molecule has 0 aliphatic rings. The zero-order chi connectivity index (χ0) is 10.7. The van der Waals surface area contributed by atoms with Gasteiger partial charge in [-0.3, -0.25) is 4.79 Å². The molecule has 14 heavy (non-hydrogen) atoms. The summed E-state index contributed by atoms with van der Waals surface area (Å²) in [6.07, 6.45) is -0.190. The van der Waals surface area contributed by atoms with Crippen molar-refractivity contribution >= 4 is 5.97 Å². The van der Waals surface area contributed by atoms with Crippen LogP contribution in [0.15, 0.2) is 18.2 Å². The van der Waals surface area contributed by atoms with Crippen LogP contribution < -0.4 is 5.73 Å². The van der Waals surface area contributed by atoms with Crippen molar-refractivity contribution in [2.45, 2.75) is 19.4 Å². The molecule has 0 saturated heterocycles. The molecule has 0 aromatic heterocycles. The van der Waals surface area contributed by atoms with Crippen molar-refractivity contribution in [2.75, 3.05) is 0 Å². The molecule has 0 bridgehead atoms. The molecule has 0 aliphatic carbocycles. The maximum Gasteiger partial charge on any atom is 0.305 e. The van der Waals surface area contributed by atoms with Gasteiger partial charge in [0, 0.05) is 6.04 Å². The lowest BCUT2D eigenvalue weighted by Crippen LogP contribution is -2.16. The van der Waals surface area contributed by atoms with E-state index >= 15 is 0 Å². The highest BCUT2D eigenvalue weighted by atomic mass is 19.1. The Balaban J connectivity index is 2.93. The van der Waals surface area contributed by atoms with E-state index in [2.05, 4.69) is 0 Å². The monoisotopic (exact) mass is 197 g/mol. The second-order valence-corrected chi connectivity index (χ2v) is 3.21. The molecule has 0 spiro atoms. The van der Waals surface area contributed by atoms with E-state index in [1.54, 1.807) is 13.0 Å². The van der Waals surface area contributed by atoms with Crippen LogP contribution >= 0.6 is 0 Å². The Morgan fingerprint density at radius 1 is 1.64 bits per heavy atom. The Bertz CT molecular complexity index is 352. The third-order valence-corrected chi connectivity index (χ3v) is 2.04. The summed E-state index contributed by atoms with van der Waals surface area (Å²) >= 11 is 0. The fraction of sp³-hybridized carbons (Fsp3) is 0.300. The van der Waals surface area contributed by atoms with E-state index in [0.717, 1.165) is 5.56 Å². The summed E-state index contributed by atoms with van der Waals surface area (Å²) in [5.74, 6) is -1.38. The number of aryl methyl sites for hydroxylation is 1. The highest BCUT2D eigenvalue weighted by Crippen LogP contribution is 2.19. The number of halogens is 1. The van der Waals surface area contributed by atoms with Gasteiger partial charge in [0.2, 0.25) is 0 Å². The first kappa shape index (κ1) is 10.7. The van der Waals surface area contributed by atoms with Crippen LogP contribution in [0.5, 0.6) is 0 Å². The first-order valence-electron chi connectivity index (χ1n) is 4.24. The second kappa shape index (κ2) is 4.19. The van der Waals surface area contributed by atoms with Gasteiger partial charge in [-0.25, -0.2) is 4.39 Å². The lowest BCUT2D eigenvalue weighted by Gasteiger charge is -2.12. The average molecular weight is 197 g/mol. The van der Waals surface area contributed by atoms with Crippen molar-refractivity contribution in [3.8, 4) is 0 Å². The number of hydrogen-bond acceptors (Lipinski definition) is 2. The molecule has 0 amide bonds. The van der Waals surface area contributed by atoms with E-state index in [1.807, 2.05) is 0 Å². The van der Waals surface area contributed by atoms with E-state index in [9.17, 15) is 9.18 Å². The molecule has 0 fully saturated rings. The number of rotatable bonds is 3. The standard InChI is InChI=1S/C10H12FNO2/c1-6-2-3-7(11)4-8(6)9(12)5-10(13)14/h2-4,9H,5,12H2,1H3,(H,13,14). The summed E-state index contributed by atoms with van der Waals surface area (Å²) in [7, 11) is 0. The maximum absolute atomic E-state index is 12.8. The fourth-order valence-electron chi connectivity index (χ4n) is 1.31. The van der Waals surface area contributed by atoms with E-state index < -0.39 is 17.8 Å². The minimum absolute atomic E-state index is 0.190. The predicted octanol–water partition coefficient (Wildman–Crippen LogP) is 1.61. The number of nitrogens with two attached hydrogens (primary N) is 1. The van der Waals surface area contributed by atoms with Crippen LogP contribution in [0.1, 0.15) is 23.6 Å². The minimum Gasteiger partial charge on any atom is -0.481 e. The molecule has 1 aromatic carbocycles. The molecule has 0 radical (unpaired) electrons. The van der Waals surface area contributed by atoms with Gasteiger partial charge in [0.1, 0.15) is 5.82 Å². The molecule has 1 aromatic rings. The molecular formula is C10H12FNO2. The van der Waals surface area contributed by atoms with Gasteiger partial charge in [-0.05, 0) is 30.2 Å². The largest absolute Gasteiger partial charge is 0.481 e. The van der Waals surface area contributed by atoms with Crippen LogP contribution in [0, 0.1) is 12.7 Å². The SMILES string of the molecule is Cc1ccc(F)cc1C(N)CC(=O)O. The topological polar surface area (TPSA) is 63.3 Å². The Labute approximate surface area is 81.4 Å². The number of carbonyl (C=O) groups is 1. The maximum atomic E-state index is 12.8. The van der Waals surface area contributed by atoms with Gasteiger partial charge in [-0.1, -0.05) is 6.07 Å². The Hall–Kier alpha value is -1.42. The van der Waals surface area contributed by atoms with Crippen LogP contribution in [-0.4, -0.2) is 11.1 Å². The normalized spacial score (nSPS) is 12.5. The molecule has 3 nitrogen and oxygen atoms in total. The summed E-state index contributed by atoms with van der Waals surface area (Å²) in [5.41, 5.74) is 6.97. The van der Waals surface area contributed by atoms with Crippen molar-refractivity contribution in [1.29, 1.82) is 0 Å². The third kappa shape index (κ3) is 2.53. The summed E-state index contributed by atoms with van der Waals surface area (Å²) < 4.78 is 12.8. The Morgan fingerprint density at radius 3 is 2.86 bits per heavy atom. The van der Waals surface area contributed by atoms with E-state index in [0.29, 0.717) is 5.56 Å². The van der Waals surface area contributed by atoms with Crippen molar-refractivity contribution in [1.82, 2.24) is 0 Å². The zero-order valence-electron chi connectivity index (χ0n) is 7.83. The smallest absolute Gasteiger partial charge is 0.305 e. The van der Waals surface area contributed by atoms with Gasteiger partial charge in [-0.2, -0.15) is 0 Å². The van der Waals surface area contributed by atoms with Crippen LogP contribution in [-0.2, 0) is 4.79 Å². The number of carboxylic acid groups (broad SMARTS) is 1. The molecule has 0 saturated carbocycles. The zero-order valence-corrected chi connectivity index (χ0v) is 7.83. The van der Waals surface area contributed by atoms with Crippen molar-refractivity contribution in [3.63, 3.8) is 0 Å². The summed E-state index contributed by atoms with van der Waals surface area (Å²) in [6.45, 7) is 1.77. The molecule has 1 atom stereocenters. The summed E-state index contributed by atoms with van der Waals surface area (Å²) in [4.78, 5) is 10.4. The third-order valence-electron chi connectivity index (χ3n) is 2.04. The fourth-order valence-corrected chi connectivity index (χ4v) is 1.31. The van der Waals surface area contributed by atoms with Gasteiger partial charge < -0.3 is 10.8 Å². The van der Waals surface area contributed by atoms with E-state index in [4.69, 9.17) is 10.8 Å². The first-order valence-corrected chi connectivity index (χ1v) is 4.24. The molecule has 1 rings (SSSR count). The lowest BCUT2D eigenvalue weighted by atomic mass is 9.99. The molecule has 76 valence electrons. The molecular weight excluding hydrogens is 185 g/mol. The van der Waals surface area contributed by atoms with E-state index in [1.165, 1.54) is 12.1 Å². The molecule has 1 unspecified atom stereocenters. The molecule has 0 aliphatic heterocycles. The van der Waals surface area contributed by atoms with Gasteiger partial charge >= 0.3 is 5.97 Å². The lowest BCUT2D eigenvalue weighted by molar-refractivity contribution is -0.137. The molecule has 4 heteroatoms. The highest BCUT2D eigenvalue weighted by molar-refractivity contribution is 5.68. The Kier molecular flexibility index (Phi) is 3.19. The van der Waals surface area contributed by atoms with Crippen LogP contribution in [0.4, 0.5) is 4.39 Å². The van der Waals surface area contributed by atoms with Crippen molar-refractivity contribution in [3.05, 3.63) is 35.1 Å². The van der Waals surface area contributed by atoms with E-state index in [-0.39, 0.29) is 6.42 Å². The van der Waals surface area contributed by atoms with Crippen LogP contribution in [0.3, 0.4) is 0 Å². The minimum atomic E-state index is -0.985. The number of hydrogen-bond donors (Lipinski definition) is 2. The molecule has 0 heterocycles. The van der Waals surface area contributed by atoms with Gasteiger partial charge in [0.05, 0.1) is 6.42 Å². The van der Waals surface area contributed by atoms with Crippen molar-refractivity contribution in [2.24, 2.45) is 5.73 Å². The van der Waals surface area contributed by atoms with Gasteiger partial charge in [-0.15, -0.1) is 0 Å². The average Bonchev–Trinajstić information content (AvgIpc) is 2.08. The van der Waals surface area contributed by atoms with Gasteiger partial charge in [0.15, 0.2) is 0 Å². The van der Waals surface area contributed by atoms with Gasteiger partial charge in [0.25, 0.3) is 0 Å². The number of aliphatic carboxylic acids is 1.